The Bertz CT molecular complexity index is 303. The lowest BCUT2D eigenvalue weighted by atomic mass is 10.3. The van der Waals surface area contributed by atoms with Crippen molar-refractivity contribution >= 4 is 46.7 Å². The molecule has 0 aromatic carbocycles. The van der Waals surface area contributed by atoms with Crippen molar-refractivity contribution in [3.8, 4) is 0 Å². The van der Waals surface area contributed by atoms with E-state index in [1.54, 1.807) is 14.1 Å². The molecule has 0 saturated heterocycles. The Balaban J connectivity index is -0.000000246. The number of hydrogen-bond donors (Lipinski definition) is 3. The summed E-state index contributed by atoms with van der Waals surface area (Å²) in [5.41, 5.74) is 4.40. The summed E-state index contributed by atoms with van der Waals surface area (Å²) in [6, 6.07) is 0. The SMILES string of the molecule is CN(C)C(O)=S.COC(=O)CCC(=O)OC.NC(O)=S. The molecule has 0 bridgehead atoms. The first kappa shape index (κ1) is 23.4. The molecule has 0 saturated carbocycles. The maximum Gasteiger partial charge on any atom is 0.306 e. The van der Waals surface area contributed by atoms with Gasteiger partial charge < -0.3 is 30.3 Å². The second-order valence-corrected chi connectivity index (χ2v) is 3.95. The van der Waals surface area contributed by atoms with E-state index in [0.717, 1.165) is 0 Å². The molecule has 0 fully saturated rings. The fourth-order valence-corrected chi connectivity index (χ4v) is 0.408. The second kappa shape index (κ2) is 15.4. The zero-order chi connectivity index (χ0) is 16.7. The largest absolute Gasteiger partial charge is 0.487 e. The number of methoxy groups -OCH3 is 2. The van der Waals surface area contributed by atoms with Crippen molar-refractivity contribution in [1.29, 1.82) is 0 Å². The third-order valence-corrected chi connectivity index (χ3v) is 1.74. The lowest BCUT2D eigenvalue weighted by molar-refractivity contribution is -0.147. The van der Waals surface area contributed by atoms with Crippen molar-refractivity contribution < 1.29 is 29.3 Å². The first-order valence-corrected chi connectivity index (χ1v) is 5.92. The maximum absolute atomic E-state index is 10.4. The summed E-state index contributed by atoms with van der Waals surface area (Å²) in [5, 5.41) is 15.3. The molecule has 20 heavy (non-hydrogen) atoms. The lowest BCUT2D eigenvalue weighted by Gasteiger charge is -2.03. The maximum atomic E-state index is 10.4. The highest BCUT2D eigenvalue weighted by molar-refractivity contribution is 7.80. The van der Waals surface area contributed by atoms with Gasteiger partial charge in [-0.05, 0) is 24.4 Å². The van der Waals surface area contributed by atoms with Crippen LogP contribution in [0.3, 0.4) is 0 Å². The van der Waals surface area contributed by atoms with Crippen LogP contribution >= 0.6 is 24.4 Å². The minimum atomic E-state index is -0.500. The highest BCUT2D eigenvalue weighted by Gasteiger charge is 2.05. The number of hydrogen-bond acceptors (Lipinski definition) is 6. The van der Waals surface area contributed by atoms with Crippen molar-refractivity contribution in [3.63, 3.8) is 0 Å². The third kappa shape index (κ3) is 29.9. The van der Waals surface area contributed by atoms with Crippen molar-refractivity contribution in [1.82, 2.24) is 4.90 Å². The number of rotatable bonds is 3. The van der Waals surface area contributed by atoms with Crippen molar-refractivity contribution in [3.05, 3.63) is 0 Å². The summed E-state index contributed by atoms with van der Waals surface area (Å²) in [6.45, 7) is 0. The topological polar surface area (TPSA) is 122 Å². The van der Waals surface area contributed by atoms with Crippen LogP contribution in [0.25, 0.3) is 0 Å². The summed E-state index contributed by atoms with van der Waals surface area (Å²) < 4.78 is 8.60. The van der Waals surface area contributed by atoms with Gasteiger partial charge in [-0.15, -0.1) is 0 Å². The van der Waals surface area contributed by atoms with Crippen LogP contribution in [0.4, 0.5) is 0 Å². The predicted octanol–water partition coefficient (Wildman–Crippen LogP) is 0.292. The Morgan fingerprint density at radius 1 is 1.05 bits per heavy atom. The van der Waals surface area contributed by atoms with Gasteiger partial charge >= 0.3 is 11.9 Å². The van der Waals surface area contributed by atoms with Gasteiger partial charge in [-0.1, -0.05) is 0 Å². The van der Waals surface area contributed by atoms with Crippen molar-refractivity contribution in [2.24, 2.45) is 5.73 Å². The van der Waals surface area contributed by atoms with Gasteiger partial charge in [-0.25, -0.2) is 0 Å². The summed E-state index contributed by atoms with van der Waals surface area (Å²) in [4.78, 5) is 22.3. The van der Waals surface area contributed by atoms with Crippen molar-refractivity contribution in [2.45, 2.75) is 12.8 Å². The van der Waals surface area contributed by atoms with Crippen LogP contribution in [0.1, 0.15) is 12.8 Å². The molecule has 0 amide bonds. The average molecular weight is 328 g/mol. The summed E-state index contributed by atoms with van der Waals surface area (Å²) in [6.07, 6.45) is 0.173. The van der Waals surface area contributed by atoms with E-state index in [9.17, 15) is 9.59 Å². The monoisotopic (exact) mass is 328 g/mol. The summed E-state index contributed by atoms with van der Waals surface area (Å²) in [7, 11) is 5.92. The van der Waals surface area contributed by atoms with Gasteiger partial charge in [0.25, 0.3) is 10.3 Å². The minimum Gasteiger partial charge on any atom is -0.487 e. The standard InChI is InChI=1S/C6H10O4.C3H7NOS.CH3NOS/c1-9-5(7)3-4-6(8)10-2;1-4(2)3(5)6;2-1(3)4/h3-4H2,1-2H3;1-2H3,(H,5,6);(H3,2,3,4). The molecular weight excluding hydrogens is 308 g/mol. The third-order valence-electron chi connectivity index (χ3n) is 1.37. The minimum absolute atomic E-state index is 0.0741. The molecule has 10 heteroatoms. The molecule has 0 radical (unpaired) electrons. The van der Waals surface area contributed by atoms with Gasteiger partial charge in [-0.3, -0.25) is 9.59 Å². The Labute approximate surface area is 128 Å². The van der Waals surface area contributed by atoms with Gasteiger partial charge in [0.05, 0.1) is 27.1 Å². The number of carbonyl (C=O) groups is 2. The molecule has 0 aromatic rings. The molecule has 0 aliphatic carbocycles. The summed E-state index contributed by atoms with van der Waals surface area (Å²) >= 11 is 8.17. The quantitative estimate of drug-likeness (QED) is 0.492. The molecule has 118 valence electrons. The number of nitrogens with zero attached hydrogens (tertiary/aromatic N) is 1. The van der Waals surface area contributed by atoms with Crippen LogP contribution in [-0.4, -0.2) is 65.7 Å². The number of aliphatic hydroxyl groups is 2. The first-order valence-electron chi connectivity index (χ1n) is 5.10. The molecule has 0 heterocycles. The van der Waals surface area contributed by atoms with E-state index < -0.39 is 17.1 Å². The Kier molecular flexibility index (Phi) is 18.0. The molecule has 0 unspecified atom stereocenters. The van der Waals surface area contributed by atoms with Crippen LogP contribution in [0, 0.1) is 0 Å². The molecule has 0 aliphatic heterocycles. The molecular formula is C10H20N2O6S2. The average Bonchev–Trinajstić information content (AvgIpc) is 2.35. The Morgan fingerprint density at radius 2 is 1.25 bits per heavy atom. The fraction of sp³-hybridized carbons (Fsp3) is 0.600. The highest BCUT2D eigenvalue weighted by atomic mass is 32.1. The zero-order valence-corrected chi connectivity index (χ0v) is 13.4. The number of carbonyl (C=O) groups excluding carboxylic acids is 2. The van der Waals surface area contributed by atoms with Crippen LogP contribution < -0.4 is 5.73 Å². The van der Waals surface area contributed by atoms with E-state index in [0.29, 0.717) is 0 Å². The number of nitrogens with two attached hydrogens (primary N) is 1. The smallest absolute Gasteiger partial charge is 0.306 e. The van der Waals surface area contributed by atoms with E-state index >= 15 is 0 Å². The first-order chi connectivity index (χ1) is 9.08. The molecule has 0 aromatic heterocycles. The van der Waals surface area contributed by atoms with E-state index in [1.165, 1.54) is 19.1 Å². The van der Waals surface area contributed by atoms with E-state index in [1.807, 2.05) is 0 Å². The van der Waals surface area contributed by atoms with E-state index in [-0.39, 0.29) is 18.0 Å². The van der Waals surface area contributed by atoms with E-state index in [4.69, 9.17) is 10.2 Å². The molecule has 4 N–H and O–H groups in total. The normalized spacial score (nSPS) is 7.80. The lowest BCUT2D eigenvalue weighted by Crippen LogP contribution is -2.17. The van der Waals surface area contributed by atoms with Crippen LogP contribution in [0.2, 0.25) is 0 Å². The fourth-order valence-electron chi connectivity index (χ4n) is 0.408. The number of esters is 2. The number of aliphatic hydroxyl groups excluding tert-OH is 2. The van der Waals surface area contributed by atoms with Crippen LogP contribution in [0.15, 0.2) is 0 Å². The predicted molar refractivity (Wildman–Crippen MR) is 81.6 cm³/mol. The van der Waals surface area contributed by atoms with Crippen molar-refractivity contribution in [2.75, 3.05) is 28.3 Å². The van der Waals surface area contributed by atoms with E-state index in [2.05, 4.69) is 39.6 Å². The molecule has 0 rings (SSSR count). The van der Waals surface area contributed by atoms with Gasteiger partial charge in [0.2, 0.25) is 0 Å². The Morgan fingerprint density at radius 3 is 1.35 bits per heavy atom. The van der Waals surface area contributed by atoms with Gasteiger partial charge in [0.1, 0.15) is 0 Å². The second-order valence-electron chi connectivity index (χ2n) is 3.17. The number of ether oxygens (including phenoxy) is 2. The molecule has 8 nitrogen and oxygen atoms in total. The molecule has 0 aliphatic rings. The van der Waals surface area contributed by atoms with Gasteiger partial charge in [0, 0.05) is 14.1 Å². The highest BCUT2D eigenvalue weighted by Crippen LogP contribution is 1.92. The van der Waals surface area contributed by atoms with Crippen LogP contribution in [0.5, 0.6) is 0 Å². The Hall–Kier alpha value is -1.68. The summed E-state index contributed by atoms with van der Waals surface area (Å²) in [5.74, 6) is -0.796. The molecule has 0 atom stereocenters. The number of thiocarbonyl (C=S) groups is 2. The van der Waals surface area contributed by atoms with Gasteiger partial charge in [0.15, 0.2) is 0 Å². The molecule has 0 spiro atoms. The zero-order valence-electron chi connectivity index (χ0n) is 11.8. The van der Waals surface area contributed by atoms with Crippen LogP contribution in [-0.2, 0) is 19.1 Å². The van der Waals surface area contributed by atoms with Gasteiger partial charge in [-0.2, -0.15) is 0 Å².